The summed E-state index contributed by atoms with van der Waals surface area (Å²) >= 11 is 0. The Bertz CT molecular complexity index is 558. The summed E-state index contributed by atoms with van der Waals surface area (Å²) in [5.41, 5.74) is 9.09. The molecule has 0 aliphatic rings. The minimum Gasteiger partial charge on any atom is -0.366 e. The summed E-state index contributed by atoms with van der Waals surface area (Å²) in [5, 5.41) is 4.23. The van der Waals surface area contributed by atoms with Crippen LogP contribution in [0.3, 0.4) is 0 Å². The molecule has 1 aromatic carbocycles. The number of aryl methyl sites for hydroxylation is 2. The van der Waals surface area contributed by atoms with Crippen LogP contribution in [0.1, 0.15) is 27.2 Å². The van der Waals surface area contributed by atoms with Gasteiger partial charge in [0.25, 0.3) is 0 Å². The van der Waals surface area contributed by atoms with Gasteiger partial charge in [-0.2, -0.15) is 5.10 Å². The predicted octanol–water partition coefficient (Wildman–Crippen LogP) is 1.65. The molecule has 0 spiro atoms. The van der Waals surface area contributed by atoms with E-state index in [0.29, 0.717) is 12.1 Å². The molecule has 0 bridgehead atoms. The first-order valence-corrected chi connectivity index (χ1v) is 5.45. The molecule has 0 fully saturated rings. The zero-order valence-electron chi connectivity index (χ0n) is 9.97. The monoisotopic (exact) mass is 229 g/mol. The standard InChI is InChI=1S/C13H15N3O/c1-9-7-11(13(14)17)3-4-12(9)8-16-10(2)5-6-15-16/h3-7H,8H2,1-2H3,(H2,14,17). The van der Waals surface area contributed by atoms with Crippen molar-refractivity contribution in [2.45, 2.75) is 20.4 Å². The molecule has 2 aromatic rings. The van der Waals surface area contributed by atoms with E-state index in [1.165, 1.54) is 0 Å². The summed E-state index contributed by atoms with van der Waals surface area (Å²) in [5.74, 6) is -0.394. The van der Waals surface area contributed by atoms with Crippen molar-refractivity contribution in [1.29, 1.82) is 0 Å². The molecule has 0 saturated carbocycles. The Kier molecular flexibility index (Phi) is 2.95. The van der Waals surface area contributed by atoms with E-state index >= 15 is 0 Å². The topological polar surface area (TPSA) is 60.9 Å². The Morgan fingerprint density at radius 1 is 1.35 bits per heavy atom. The summed E-state index contributed by atoms with van der Waals surface area (Å²) in [6.45, 7) is 4.70. The van der Waals surface area contributed by atoms with E-state index in [1.807, 2.05) is 36.7 Å². The first kappa shape index (κ1) is 11.4. The molecular weight excluding hydrogens is 214 g/mol. The van der Waals surface area contributed by atoms with Crippen molar-refractivity contribution in [3.63, 3.8) is 0 Å². The largest absolute Gasteiger partial charge is 0.366 e. The van der Waals surface area contributed by atoms with Gasteiger partial charge in [-0.1, -0.05) is 6.07 Å². The van der Waals surface area contributed by atoms with Crippen molar-refractivity contribution >= 4 is 5.91 Å². The highest BCUT2D eigenvalue weighted by molar-refractivity contribution is 5.93. The van der Waals surface area contributed by atoms with Gasteiger partial charge in [-0.25, -0.2) is 0 Å². The number of nitrogens with two attached hydrogens (primary N) is 1. The van der Waals surface area contributed by atoms with E-state index < -0.39 is 5.91 Å². The molecule has 0 aliphatic heterocycles. The van der Waals surface area contributed by atoms with Crippen LogP contribution in [0.25, 0.3) is 0 Å². The summed E-state index contributed by atoms with van der Waals surface area (Å²) in [6.07, 6.45) is 1.78. The average Bonchev–Trinajstić information content (AvgIpc) is 2.67. The fourth-order valence-corrected chi connectivity index (χ4v) is 1.75. The second-order valence-corrected chi connectivity index (χ2v) is 4.14. The van der Waals surface area contributed by atoms with Gasteiger partial charge in [0, 0.05) is 17.5 Å². The number of carbonyl (C=O) groups excluding carboxylic acids is 1. The maximum atomic E-state index is 11.0. The molecule has 1 amide bonds. The van der Waals surface area contributed by atoms with Gasteiger partial charge >= 0.3 is 0 Å². The van der Waals surface area contributed by atoms with Crippen LogP contribution in [0.15, 0.2) is 30.5 Å². The summed E-state index contributed by atoms with van der Waals surface area (Å²) < 4.78 is 1.92. The van der Waals surface area contributed by atoms with Gasteiger partial charge in [-0.05, 0) is 43.2 Å². The molecule has 88 valence electrons. The maximum Gasteiger partial charge on any atom is 0.248 e. The molecular formula is C13H15N3O. The van der Waals surface area contributed by atoms with Gasteiger partial charge in [0.05, 0.1) is 6.54 Å². The van der Waals surface area contributed by atoms with Crippen molar-refractivity contribution in [3.8, 4) is 0 Å². The minimum absolute atomic E-state index is 0.394. The number of nitrogens with zero attached hydrogens (tertiary/aromatic N) is 2. The second kappa shape index (κ2) is 4.41. The molecule has 0 saturated heterocycles. The first-order chi connectivity index (χ1) is 8.08. The lowest BCUT2D eigenvalue weighted by atomic mass is 10.0. The van der Waals surface area contributed by atoms with Crippen molar-refractivity contribution in [3.05, 3.63) is 52.8 Å². The van der Waals surface area contributed by atoms with Crippen LogP contribution in [0.5, 0.6) is 0 Å². The number of aromatic nitrogens is 2. The molecule has 1 aromatic heterocycles. The third-order valence-electron chi connectivity index (χ3n) is 2.88. The van der Waals surface area contributed by atoms with Crippen LogP contribution in [-0.2, 0) is 6.54 Å². The van der Waals surface area contributed by atoms with Crippen LogP contribution in [0.4, 0.5) is 0 Å². The molecule has 0 aliphatic carbocycles. The lowest BCUT2D eigenvalue weighted by Gasteiger charge is -2.09. The van der Waals surface area contributed by atoms with Crippen molar-refractivity contribution in [2.24, 2.45) is 5.73 Å². The van der Waals surface area contributed by atoms with Gasteiger partial charge < -0.3 is 5.73 Å². The lowest BCUT2D eigenvalue weighted by molar-refractivity contribution is 0.1000. The first-order valence-electron chi connectivity index (χ1n) is 5.45. The van der Waals surface area contributed by atoms with Crippen molar-refractivity contribution in [1.82, 2.24) is 9.78 Å². The summed E-state index contributed by atoms with van der Waals surface area (Å²) in [4.78, 5) is 11.0. The van der Waals surface area contributed by atoms with Gasteiger partial charge in [-0.15, -0.1) is 0 Å². The third-order valence-corrected chi connectivity index (χ3v) is 2.88. The van der Waals surface area contributed by atoms with E-state index in [1.54, 1.807) is 12.3 Å². The Morgan fingerprint density at radius 2 is 2.12 bits per heavy atom. The highest BCUT2D eigenvalue weighted by Gasteiger charge is 2.05. The fraction of sp³-hybridized carbons (Fsp3) is 0.231. The maximum absolute atomic E-state index is 11.0. The van der Waals surface area contributed by atoms with Gasteiger partial charge in [0.1, 0.15) is 0 Å². The van der Waals surface area contributed by atoms with Crippen molar-refractivity contribution in [2.75, 3.05) is 0 Å². The number of amides is 1. The zero-order chi connectivity index (χ0) is 12.4. The molecule has 0 unspecified atom stereocenters. The van der Waals surface area contributed by atoms with E-state index in [-0.39, 0.29) is 0 Å². The lowest BCUT2D eigenvalue weighted by Crippen LogP contribution is -2.12. The number of hydrogen-bond acceptors (Lipinski definition) is 2. The quantitative estimate of drug-likeness (QED) is 0.869. The molecule has 2 N–H and O–H groups in total. The number of benzene rings is 1. The van der Waals surface area contributed by atoms with Gasteiger partial charge in [0.15, 0.2) is 0 Å². The smallest absolute Gasteiger partial charge is 0.248 e. The summed E-state index contributed by atoms with van der Waals surface area (Å²) in [6, 6.07) is 7.46. The highest BCUT2D eigenvalue weighted by atomic mass is 16.1. The normalized spacial score (nSPS) is 10.5. The summed E-state index contributed by atoms with van der Waals surface area (Å²) in [7, 11) is 0. The van der Waals surface area contributed by atoms with Crippen molar-refractivity contribution < 1.29 is 4.79 Å². The number of rotatable bonds is 3. The number of primary amides is 1. The third kappa shape index (κ3) is 2.36. The Labute approximate surface area is 100 Å². The molecule has 0 radical (unpaired) electrons. The van der Waals surface area contributed by atoms with Crippen LogP contribution in [0.2, 0.25) is 0 Å². The van der Waals surface area contributed by atoms with Crippen LogP contribution >= 0.6 is 0 Å². The predicted molar refractivity (Wildman–Crippen MR) is 65.8 cm³/mol. The van der Waals surface area contributed by atoms with Crippen LogP contribution in [0, 0.1) is 13.8 Å². The second-order valence-electron chi connectivity index (χ2n) is 4.14. The number of hydrogen-bond donors (Lipinski definition) is 1. The van der Waals surface area contributed by atoms with Crippen LogP contribution < -0.4 is 5.73 Å². The zero-order valence-corrected chi connectivity index (χ0v) is 9.97. The molecule has 17 heavy (non-hydrogen) atoms. The molecule has 4 nitrogen and oxygen atoms in total. The van der Waals surface area contributed by atoms with Gasteiger partial charge in [-0.3, -0.25) is 9.48 Å². The minimum atomic E-state index is -0.394. The van der Waals surface area contributed by atoms with Gasteiger partial charge in [0.2, 0.25) is 5.91 Å². The van der Waals surface area contributed by atoms with E-state index in [4.69, 9.17) is 5.73 Å². The molecule has 0 atom stereocenters. The average molecular weight is 229 g/mol. The van der Waals surface area contributed by atoms with E-state index in [0.717, 1.165) is 16.8 Å². The van der Waals surface area contributed by atoms with E-state index in [9.17, 15) is 4.79 Å². The highest BCUT2D eigenvalue weighted by Crippen LogP contribution is 2.13. The Morgan fingerprint density at radius 3 is 2.65 bits per heavy atom. The SMILES string of the molecule is Cc1cc(C(N)=O)ccc1Cn1nccc1C. The Balaban J connectivity index is 2.29. The fourth-order valence-electron chi connectivity index (χ4n) is 1.75. The number of carbonyl (C=O) groups is 1. The molecule has 4 heteroatoms. The molecule has 1 heterocycles. The Hall–Kier alpha value is -2.10. The van der Waals surface area contributed by atoms with Crippen LogP contribution in [-0.4, -0.2) is 15.7 Å². The van der Waals surface area contributed by atoms with E-state index in [2.05, 4.69) is 5.10 Å². The molecule has 2 rings (SSSR count).